The molecule has 1 aromatic carbocycles. The Morgan fingerprint density at radius 1 is 1.20 bits per heavy atom. The zero-order chi connectivity index (χ0) is 14.4. The van der Waals surface area contributed by atoms with Gasteiger partial charge in [-0.25, -0.2) is 0 Å². The van der Waals surface area contributed by atoms with Crippen LogP contribution in [0.5, 0.6) is 0 Å². The van der Waals surface area contributed by atoms with E-state index in [1.165, 1.54) is 10.6 Å². The van der Waals surface area contributed by atoms with Gasteiger partial charge in [0.05, 0.1) is 11.3 Å². The SMILES string of the molecule is N#Cc1ccccc1NC(=O)CCn1ccccc1=O. The first-order chi connectivity index (χ1) is 9.70. The van der Waals surface area contributed by atoms with Crippen LogP contribution in [0.1, 0.15) is 12.0 Å². The number of hydrogen-bond donors (Lipinski definition) is 1. The van der Waals surface area contributed by atoms with Crippen molar-refractivity contribution in [2.45, 2.75) is 13.0 Å². The molecule has 20 heavy (non-hydrogen) atoms. The fourth-order valence-corrected chi connectivity index (χ4v) is 1.77. The Morgan fingerprint density at radius 3 is 2.70 bits per heavy atom. The summed E-state index contributed by atoms with van der Waals surface area (Å²) in [4.78, 5) is 23.3. The number of pyridine rings is 1. The van der Waals surface area contributed by atoms with E-state index in [0.717, 1.165) is 0 Å². The number of para-hydroxylation sites is 1. The number of aryl methyl sites for hydroxylation is 1. The molecule has 1 amide bonds. The van der Waals surface area contributed by atoms with Crippen molar-refractivity contribution in [3.63, 3.8) is 0 Å². The van der Waals surface area contributed by atoms with Crippen LogP contribution in [0.4, 0.5) is 5.69 Å². The van der Waals surface area contributed by atoms with E-state index in [-0.39, 0.29) is 17.9 Å². The first-order valence-corrected chi connectivity index (χ1v) is 6.15. The van der Waals surface area contributed by atoms with Gasteiger partial charge in [-0.15, -0.1) is 0 Å². The fourth-order valence-electron chi connectivity index (χ4n) is 1.77. The third-order valence-corrected chi connectivity index (χ3v) is 2.80. The van der Waals surface area contributed by atoms with E-state index in [1.54, 1.807) is 42.6 Å². The Bertz CT molecular complexity index is 713. The first-order valence-electron chi connectivity index (χ1n) is 6.15. The van der Waals surface area contributed by atoms with E-state index in [1.807, 2.05) is 6.07 Å². The van der Waals surface area contributed by atoms with Crippen LogP contribution in [-0.2, 0) is 11.3 Å². The highest BCUT2D eigenvalue weighted by Gasteiger charge is 2.06. The second kappa shape index (κ2) is 6.34. The summed E-state index contributed by atoms with van der Waals surface area (Å²) in [5.41, 5.74) is 0.760. The molecule has 0 saturated heterocycles. The maximum absolute atomic E-state index is 11.8. The van der Waals surface area contributed by atoms with Gasteiger partial charge in [-0.3, -0.25) is 9.59 Å². The summed E-state index contributed by atoms with van der Waals surface area (Å²) in [5, 5.41) is 11.6. The molecule has 100 valence electrons. The molecule has 0 fully saturated rings. The van der Waals surface area contributed by atoms with Crippen molar-refractivity contribution in [1.29, 1.82) is 5.26 Å². The molecule has 5 heteroatoms. The highest BCUT2D eigenvalue weighted by molar-refractivity contribution is 5.92. The lowest BCUT2D eigenvalue weighted by molar-refractivity contribution is -0.116. The number of aromatic nitrogens is 1. The summed E-state index contributed by atoms with van der Waals surface area (Å²) in [6, 6.07) is 13.6. The number of nitrogens with one attached hydrogen (secondary N) is 1. The number of benzene rings is 1. The molecule has 0 radical (unpaired) electrons. The van der Waals surface area contributed by atoms with Gasteiger partial charge in [0, 0.05) is 25.2 Å². The Kier molecular flexibility index (Phi) is 4.30. The van der Waals surface area contributed by atoms with Crippen molar-refractivity contribution in [2.75, 3.05) is 5.32 Å². The van der Waals surface area contributed by atoms with Crippen molar-refractivity contribution < 1.29 is 4.79 Å². The summed E-state index contributed by atoms with van der Waals surface area (Å²) in [5.74, 6) is -0.233. The summed E-state index contributed by atoms with van der Waals surface area (Å²) in [6.45, 7) is 0.306. The van der Waals surface area contributed by atoms with Gasteiger partial charge in [0.25, 0.3) is 5.56 Å². The van der Waals surface area contributed by atoms with Crippen LogP contribution in [-0.4, -0.2) is 10.5 Å². The van der Waals surface area contributed by atoms with Gasteiger partial charge >= 0.3 is 0 Å². The van der Waals surface area contributed by atoms with Crippen molar-refractivity contribution >= 4 is 11.6 Å². The maximum atomic E-state index is 11.8. The van der Waals surface area contributed by atoms with Gasteiger partial charge in [0.15, 0.2) is 0 Å². The third-order valence-electron chi connectivity index (χ3n) is 2.80. The number of anilines is 1. The molecular weight excluding hydrogens is 254 g/mol. The van der Waals surface area contributed by atoms with Crippen LogP contribution in [0.25, 0.3) is 0 Å². The summed E-state index contributed by atoms with van der Waals surface area (Å²) in [6.07, 6.45) is 1.81. The molecule has 0 unspecified atom stereocenters. The topological polar surface area (TPSA) is 74.9 Å². The predicted molar refractivity (Wildman–Crippen MR) is 75.1 cm³/mol. The van der Waals surface area contributed by atoms with Gasteiger partial charge in [-0.1, -0.05) is 18.2 Å². The molecule has 0 saturated carbocycles. The average Bonchev–Trinajstić information content (AvgIpc) is 2.47. The number of hydrogen-bond acceptors (Lipinski definition) is 3. The van der Waals surface area contributed by atoms with E-state index < -0.39 is 0 Å². The monoisotopic (exact) mass is 267 g/mol. The zero-order valence-electron chi connectivity index (χ0n) is 10.7. The van der Waals surface area contributed by atoms with Crippen molar-refractivity contribution in [1.82, 2.24) is 4.57 Å². The summed E-state index contributed by atoms with van der Waals surface area (Å²) < 4.78 is 1.47. The molecule has 1 heterocycles. The molecule has 0 bridgehead atoms. The van der Waals surface area contributed by atoms with Crippen molar-refractivity contribution in [3.8, 4) is 6.07 Å². The molecule has 2 aromatic rings. The van der Waals surface area contributed by atoms with Crippen LogP contribution in [0, 0.1) is 11.3 Å². The summed E-state index contributed by atoms with van der Waals surface area (Å²) in [7, 11) is 0. The molecule has 0 spiro atoms. The number of nitrogens with zero attached hydrogens (tertiary/aromatic N) is 2. The van der Waals surface area contributed by atoms with Crippen LogP contribution in [0.15, 0.2) is 53.5 Å². The Balaban J connectivity index is 1.99. The van der Waals surface area contributed by atoms with E-state index in [2.05, 4.69) is 5.32 Å². The second-order valence-electron chi connectivity index (χ2n) is 4.19. The minimum Gasteiger partial charge on any atom is -0.325 e. The van der Waals surface area contributed by atoms with Gasteiger partial charge in [0.2, 0.25) is 5.91 Å². The maximum Gasteiger partial charge on any atom is 0.250 e. The molecule has 1 aromatic heterocycles. The number of nitriles is 1. The van der Waals surface area contributed by atoms with Gasteiger partial charge < -0.3 is 9.88 Å². The van der Waals surface area contributed by atoms with Gasteiger partial charge in [-0.2, -0.15) is 5.26 Å². The van der Waals surface area contributed by atoms with E-state index in [0.29, 0.717) is 17.8 Å². The number of amides is 1. The van der Waals surface area contributed by atoms with E-state index in [4.69, 9.17) is 5.26 Å². The lowest BCUT2D eigenvalue weighted by Crippen LogP contribution is -2.22. The Hall–Kier alpha value is -2.87. The highest BCUT2D eigenvalue weighted by Crippen LogP contribution is 2.13. The van der Waals surface area contributed by atoms with E-state index in [9.17, 15) is 9.59 Å². The smallest absolute Gasteiger partial charge is 0.250 e. The fraction of sp³-hybridized carbons (Fsp3) is 0.133. The number of rotatable bonds is 4. The normalized spacial score (nSPS) is 9.75. The molecule has 5 nitrogen and oxygen atoms in total. The number of carbonyl (C=O) groups is 1. The summed E-state index contributed by atoms with van der Waals surface area (Å²) >= 11 is 0. The number of carbonyl (C=O) groups excluding carboxylic acids is 1. The third kappa shape index (κ3) is 3.33. The van der Waals surface area contributed by atoms with Crippen molar-refractivity contribution in [3.05, 3.63) is 64.6 Å². The Labute approximate surface area is 116 Å². The molecule has 0 atom stereocenters. The molecular formula is C15H13N3O2. The highest BCUT2D eigenvalue weighted by atomic mass is 16.1. The van der Waals surface area contributed by atoms with Crippen LogP contribution in [0.3, 0.4) is 0 Å². The minimum atomic E-state index is -0.233. The second-order valence-corrected chi connectivity index (χ2v) is 4.19. The Morgan fingerprint density at radius 2 is 1.95 bits per heavy atom. The van der Waals surface area contributed by atoms with Crippen LogP contribution >= 0.6 is 0 Å². The lowest BCUT2D eigenvalue weighted by Gasteiger charge is -2.07. The lowest BCUT2D eigenvalue weighted by atomic mass is 10.2. The molecule has 0 aliphatic heterocycles. The largest absolute Gasteiger partial charge is 0.325 e. The minimum absolute atomic E-state index is 0.141. The standard InChI is InChI=1S/C15H13N3O2/c16-11-12-5-1-2-6-13(12)17-14(19)8-10-18-9-4-3-7-15(18)20/h1-7,9H,8,10H2,(H,17,19). The molecule has 0 aliphatic rings. The van der Waals surface area contributed by atoms with Crippen molar-refractivity contribution in [2.24, 2.45) is 0 Å². The van der Waals surface area contributed by atoms with Gasteiger partial charge in [-0.05, 0) is 18.2 Å². The van der Waals surface area contributed by atoms with Crippen LogP contribution < -0.4 is 10.9 Å². The quantitative estimate of drug-likeness (QED) is 0.917. The zero-order valence-corrected chi connectivity index (χ0v) is 10.7. The molecule has 1 N–H and O–H groups in total. The average molecular weight is 267 g/mol. The molecule has 2 rings (SSSR count). The van der Waals surface area contributed by atoms with E-state index >= 15 is 0 Å². The van der Waals surface area contributed by atoms with Gasteiger partial charge in [0.1, 0.15) is 6.07 Å². The molecule has 0 aliphatic carbocycles. The van der Waals surface area contributed by atoms with Crippen LogP contribution in [0.2, 0.25) is 0 Å². The first kappa shape index (κ1) is 13.6. The predicted octanol–water partition coefficient (Wildman–Crippen LogP) is 1.75.